The van der Waals surface area contributed by atoms with E-state index in [2.05, 4.69) is 26.6 Å². The predicted molar refractivity (Wildman–Crippen MR) is 100 cm³/mol. The van der Waals surface area contributed by atoms with E-state index in [1.54, 1.807) is 36.4 Å². The van der Waals surface area contributed by atoms with Crippen LogP contribution in [-0.4, -0.2) is 11.8 Å². The fourth-order valence-electron chi connectivity index (χ4n) is 1.97. The summed E-state index contributed by atoms with van der Waals surface area (Å²) in [5, 5.41) is 13.8. The van der Waals surface area contributed by atoms with E-state index < -0.39 is 0 Å². The van der Waals surface area contributed by atoms with Gasteiger partial charge in [0.05, 0.1) is 6.07 Å². The summed E-state index contributed by atoms with van der Waals surface area (Å²) in [5.41, 5.74) is 2.48. The van der Waals surface area contributed by atoms with Crippen molar-refractivity contribution < 1.29 is 9.59 Å². The van der Waals surface area contributed by atoms with Crippen molar-refractivity contribution >= 4 is 39.5 Å². The van der Waals surface area contributed by atoms with Crippen molar-refractivity contribution in [1.82, 2.24) is 5.32 Å². The first kappa shape index (κ1) is 18.4. The average Bonchev–Trinajstić information content (AvgIpc) is 2.61. The number of nitrogens with zero attached hydrogens (tertiary/aromatic N) is 1. The Morgan fingerprint density at radius 1 is 1.08 bits per heavy atom. The quantitative estimate of drug-likeness (QED) is 0.730. The summed E-state index contributed by atoms with van der Waals surface area (Å²) < 4.78 is 0.984. The highest BCUT2D eigenvalue weighted by molar-refractivity contribution is 9.10. The van der Waals surface area contributed by atoms with Gasteiger partial charge in [0, 0.05) is 22.8 Å². The molecule has 0 heterocycles. The average molecular weight is 398 g/mol. The van der Waals surface area contributed by atoms with Crippen LogP contribution in [0.4, 0.5) is 5.69 Å². The molecule has 0 aliphatic rings. The lowest BCUT2D eigenvalue weighted by Gasteiger charge is -2.06. The molecule has 0 fully saturated rings. The van der Waals surface area contributed by atoms with Crippen molar-refractivity contribution in [2.24, 2.45) is 0 Å². The minimum Gasteiger partial charge on any atom is -0.351 e. The van der Waals surface area contributed by atoms with Crippen LogP contribution in [0, 0.1) is 11.3 Å². The first-order chi connectivity index (χ1) is 12.1. The summed E-state index contributed by atoms with van der Waals surface area (Å²) in [6.45, 7) is 0.345. The Morgan fingerprint density at radius 2 is 1.76 bits per heavy atom. The molecule has 126 valence electrons. The number of benzene rings is 2. The van der Waals surface area contributed by atoms with Gasteiger partial charge in [0.2, 0.25) is 11.8 Å². The number of carbonyl (C=O) groups is 2. The molecular weight excluding hydrogens is 382 g/mol. The highest BCUT2D eigenvalue weighted by Crippen LogP contribution is 2.12. The molecular formula is C19H16BrN3O2. The summed E-state index contributed by atoms with van der Waals surface area (Å²) in [5.74, 6) is -0.532. The van der Waals surface area contributed by atoms with Gasteiger partial charge in [-0.15, -0.1) is 0 Å². The lowest BCUT2D eigenvalue weighted by Crippen LogP contribution is -2.21. The van der Waals surface area contributed by atoms with Crippen LogP contribution >= 0.6 is 15.9 Å². The molecule has 0 aliphatic heterocycles. The zero-order chi connectivity index (χ0) is 18.1. The van der Waals surface area contributed by atoms with E-state index in [1.165, 1.54) is 6.08 Å². The van der Waals surface area contributed by atoms with Crippen molar-refractivity contribution in [2.45, 2.75) is 13.0 Å². The van der Waals surface area contributed by atoms with Crippen molar-refractivity contribution in [3.63, 3.8) is 0 Å². The normalized spacial score (nSPS) is 10.2. The summed E-state index contributed by atoms with van der Waals surface area (Å²) in [7, 11) is 0. The fourth-order valence-corrected chi connectivity index (χ4v) is 2.23. The van der Waals surface area contributed by atoms with E-state index in [4.69, 9.17) is 5.26 Å². The highest BCUT2D eigenvalue weighted by atomic mass is 79.9. The third-order valence-electron chi connectivity index (χ3n) is 3.25. The zero-order valence-electron chi connectivity index (χ0n) is 13.3. The van der Waals surface area contributed by atoms with Crippen molar-refractivity contribution in [3.05, 3.63) is 70.2 Å². The number of nitrogens with one attached hydrogen (secondary N) is 2. The molecule has 0 unspecified atom stereocenters. The van der Waals surface area contributed by atoms with Gasteiger partial charge in [-0.3, -0.25) is 9.59 Å². The van der Waals surface area contributed by atoms with Crippen LogP contribution in [0.1, 0.15) is 17.5 Å². The smallest absolute Gasteiger partial charge is 0.248 e. The van der Waals surface area contributed by atoms with Gasteiger partial charge >= 0.3 is 0 Å². The molecule has 2 N–H and O–H groups in total. The molecule has 0 radical (unpaired) electrons. The minimum absolute atomic E-state index is 0.154. The maximum Gasteiger partial charge on any atom is 0.248 e. The van der Waals surface area contributed by atoms with E-state index >= 15 is 0 Å². The number of halogens is 1. The van der Waals surface area contributed by atoms with E-state index in [9.17, 15) is 9.59 Å². The second-order valence-electron chi connectivity index (χ2n) is 5.18. The van der Waals surface area contributed by atoms with Crippen LogP contribution in [-0.2, 0) is 16.1 Å². The van der Waals surface area contributed by atoms with Crippen LogP contribution in [0.25, 0.3) is 6.08 Å². The van der Waals surface area contributed by atoms with Crippen LogP contribution < -0.4 is 10.6 Å². The van der Waals surface area contributed by atoms with E-state index in [0.29, 0.717) is 12.2 Å². The molecule has 0 spiro atoms. The molecule has 6 heteroatoms. The third kappa shape index (κ3) is 6.61. The maximum absolute atomic E-state index is 11.9. The van der Waals surface area contributed by atoms with Gasteiger partial charge in [0.15, 0.2) is 0 Å². The van der Waals surface area contributed by atoms with Crippen molar-refractivity contribution in [3.8, 4) is 6.07 Å². The first-order valence-corrected chi connectivity index (χ1v) is 8.33. The summed E-state index contributed by atoms with van der Waals surface area (Å²) in [4.78, 5) is 23.2. The van der Waals surface area contributed by atoms with Crippen LogP contribution in [0.2, 0.25) is 0 Å². The second kappa shape index (κ2) is 9.40. The van der Waals surface area contributed by atoms with E-state index in [0.717, 1.165) is 15.6 Å². The number of anilines is 1. The Balaban J connectivity index is 1.85. The van der Waals surface area contributed by atoms with Crippen LogP contribution in [0.15, 0.2) is 59.1 Å². The lowest BCUT2D eigenvalue weighted by molar-refractivity contribution is -0.120. The van der Waals surface area contributed by atoms with Crippen LogP contribution in [0.5, 0.6) is 0 Å². The van der Waals surface area contributed by atoms with Gasteiger partial charge in [0.1, 0.15) is 6.42 Å². The minimum atomic E-state index is -0.307. The summed E-state index contributed by atoms with van der Waals surface area (Å²) in [6, 6.07) is 16.6. The Hall–Kier alpha value is -2.91. The molecule has 2 aromatic carbocycles. The van der Waals surface area contributed by atoms with E-state index in [1.807, 2.05) is 24.3 Å². The SMILES string of the molecule is N#CCC(=O)NCc1ccc(NC(=O)/C=C/c2ccc(Br)cc2)cc1. The number of rotatable bonds is 6. The number of carbonyl (C=O) groups excluding carboxylic acids is 2. The predicted octanol–water partition coefficient (Wildman–Crippen LogP) is 3.63. The molecule has 0 atom stereocenters. The van der Waals surface area contributed by atoms with Gasteiger partial charge < -0.3 is 10.6 Å². The highest BCUT2D eigenvalue weighted by Gasteiger charge is 2.01. The molecule has 0 bridgehead atoms. The maximum atomic E-state index is 11.9. The van der Waals surface area contributed by atoms with Gasteiger partial charge in [0.25, 0.3) is 0 Å². The fraction of sp³-hybridized carbons (Fsp3) is 0.105. The molecule has 25 heavy (non-hydrogen) atoms. The van der Waals surface area contributed by atoms with Crippen molar-refractivity contribution in [1.29, 1.82) is 5.26 Å². The summed E-state index contributed by atoms with van der Waals surface area (Å²) >= 11 is 3.36. The lowest BCUT2D eigenvalue weighted by atomic mass is 10.2. The number of amides is 2. The van der Waals surface area contributed by atoms with Gasteiger partial charge in [-0.1, -0.05) is 40.2 Å². The van der Waals surface area contributed by atoms with Crippen molar-refractivity contribution in [2.75, 3.05) is 5.32 Å². The number of hydrogen-bond acceptors (Lipinski definition) is 3. The Labute approximate surface area is 154 Å². The standard InChI is InChI=1S/C19H16BrN3O2/c20-16-6-1-14(2-7-16)5-10-19(25)23-17-8-3-15(4-9-17)13-22-18(24)11-12-21/h1-10H,11,13H2,(H,22,24)(H,23,25)/b10-5+. The molecule has 0 aromatic heterocycles. The first-order valence-electron chi connectivity index (χ1n) is 7.54. The summed E-state index contributed by atoms with van der Waals surface area (Å²) in [6.07, 6.45) is 3.05. The molecule has 0 saturated carbocycles. The Bertz CT molecular complexity index is 806. The molecule has 2 aromatic rings. The topological polar surface area (TPSA) is 82.0 Å². The Kier molecular flexibility index (Phi) is 6.93. The molecule has 2 rings (SSSR count). The molecule has 0 saturated heterocycles. The van der Waals surface area contributed by atoms with Gasteiger partial charge in [-0.05, 0) is 41.5 Å². The second-order valence-corrected chi connectivity index (χ2v) is 6.10. The van der Waals surface area contributed by atoms with Gasteiger partial charge in [-0.2, -0.15) is 5.26 Å². The molecule has 0 aliphatic carbocycles. The Morgan fingerprint density at radius 3 is 2.40 bits per heavy atom. The number of hydrogen-bond donors (Lipinski definition) is 2. The third-order valence-corrected chi connectivity index (χ3v) is 3.78. The molecule has 5 nitrogen and oxygen atoms in total. The zero-order valence-corrected chi connectivity index (χ0v) is 14.9. The monoisotopic (exact) mass is 397 g/mol. The number of nitriles is 1. The largest absolute Gasteiger partial charge is 0.351 e. The van der Waals surface area contributed by atoms with Crippen LogP contribution in [0.3, 0.4) is 0 Å². The van der Waals surface area contributed by atoms with E-state index in [-0.39, 0.29) is 18.2 Å². The van der Waals surface area contributed by atoms with Gasteiger partial charge in [-0.25, -0.2) is 0 Å². The molecule has 2 amide bonds.